The van der Waals surface area contributed by atoms with Crippen LogP contribution in [0.25, 0.3) is 0 Å². The van der Waals surface area contributed by atoms with E-state index in [-0.39, 0.29) is 0 Å². The molecule has 0 spiro atoms. The molecule has 0 amide bonds. The average Bonchev–Trinajstić information content (AvgIpc) is 2.60. The van der Waals surface area contributed by atoms with Crippen LogP contribution >= 0.6 is 11.8 Å². The van der Waals surface area contributed by atoms with E-state index in [2.05, 4.69) is 85.3 Å². The third-order valence-corrected chi connectivity index (χ3v) is 4.76. The van der Waals surface area contributed by atoms with Crippen LogP contribution in [0.1, 0.15) is 20.8 Å². The van der Waals surface area contributed by atoms with Crippen LogP contribution < -0.4 is 10.2 Å². The van der Waals surface area contributed by atoms with Gasteiger partial charge in [0.25, 0.3) is 0 Å². The smallest absolute Gasteiger partial charge is 0.0579 e. The largest absolute Gasteiger partial charge is 0.364 e. The maximum absolute atomic E-state index is 3.75. The van der Waals surface area contributed by atoms with Gasteiger partial charge in [-0.1, -0.05) is 42.6 Å². The molecule has 0 heterocycles. The molecule has 0 aromatic heterocycles. The van der Waals surface area contributed by atoms with Crippen LogP contribution in [-0.2, 0) is 0 Å². The summed E-state index contributed by atoms with van der Waals surface area (Å²) in [5.74, 6) is 0. The van der Waals surface area contributed by atoms with Crippen molar-refractivity contribution >= 4 is 17.4 Å². The number of allylic oxidation sites excluding steroid dienone is 1. The van der Waals surface area contributed by atoms with Crippen molar-refractivity contribution in [2.45, 2.75) is 36.6 Å². The number of benzene rings is 2. The number of rotatable bonds is 8. The molecule has 0 aliphatic rings. The van der Waals surface area contributed by atoms with Gasteiger partial charge in [-0.2, -0.15) is 0 Å². The Morgan fingerprint density at radius 3 is 2.25 bits per heavy atom. The number of nitrogens with one attached hydrogen (secondary N) is 1. The monoisotopic (exact) mass is 338 g/mol. The van der Waals surface area contributed by atoms with Gasteiger partial charge in [0, 0.05) is 27.2 Å². The molecule has 126 valence electrons. The fourth-order valence-electron chi connectivity index (χ4n) is 2.44. The molecule has 0 radical (unpaired) electrons. The molecule has 2 rings (SSSR count). The number of hydrogen-bond acceptors (Lipinski definition) is 3. The minimum atomic E-state index is 0.416. The standard InChI is InChI=1S/C21H26N2S/c1-5-18(22-6-2)16-23(17(3)4)19-12-14-21(15-13-19)24-20-10-8-7-9-11-20/h5-15,17,22H,2,16H2,1,3-4H3/b18-5-. The van der Waals surface area contributed by atoms with Gasteiger partial charge in [0.1, 0.15) is 0 Å². The maximum atomic E-state index is 3.75. The second-order valence-electron chi connectivity index (χ2n) is 5.79. The molecule has 0 unspecified atom stereocenters. The number of anilines is 1. The van der Waals surface area contributed by atoms with Gasteiger partial charge in [0.2, 0.25) is 0 Å². The third-order valence-electron chi connectivity index (χ3n) is 3.75. The van der Waals surface area contributed by atoms with E-state index in [1.165, 1.54) is 15.5 Å². The molecule has 0 aliphatic heterocycles. The van der Waals surface area contributed by atoms with Crippen LogP contribution in [0.2, 0.25) is 0 Å². The molecule has 0 bridgehead atoms. The first kappa shape index (κ1) is 18.2. The lowest BCUT2D eigenvalue weighted by atomic mass is 10.2. The number of nitrogens with zero attached hydrogens (tertiary/aromatic N) is 1. The van der Waals surface area contributed by atoms with Crippen molar-refractivity contribution in [2.24, 2.45) is 0 Å². The Labute approximate surface area is 150 Å². The quantitative estimate of drug-likeness (QED) is 0.665. The Morgan fingerprint density at radius 1 is 1.08 bits per heavy atom. The van der Waals surface area contributed by atoms with Crippen LogP contribution in [0.5, 0.6) is 0 Å². The molecule has 0 aliphatic carbocycles. The van der Waals surface area contributed by atoms with Crippen molar-refractivity contribution in [1.82, 2.24) is 5.32 Å². The highest BCUT2D eigenvalue weighted by molar-refractivity contribution is 7.99. The van der Waals surface area contributed by atoms with Crippen molar-refractivity contribution in [3.05, 3.63) is 79.1 Å². The van der Waals surface area contributed by atoms with Gasteiger partial charge in [-0.25, -0.2) is 0 Å². The van der Waals surface area contributed by atoms with Crippen molar-refractivity contribution < 1.29 is 0 Å². The predicted molar refractivity (Wildman–Crippen MR) is 107 cm³/mol. The highest BCUT2D eigenvalue weighted by atomic mass is 32.2. The zero-order valence-corrected chi connectivity index (χ0v) is 15.5. The first-order valence-electron chi connectivity index (χ1n) is 8.26. The normalized spacial score (nSPS) is 11.4. The fraction of sp³-hybridized carbons (Fsp3) is 0.238. The average molecular weight is 339 g/mol. The fourth-order valence-corrected chi connectivity index (χ4v) is 3.27. The summed E-state index contributed by atoms with van der Waals surface area (Å²) in [6.45, 7) is 11.1. The summed E-state index contributed by atoms with van der Waals surface area (Å²) in [7, 11) is 0. The Hall–Kier alpha value is -2.13. The van der Waals surface area contributed by atoms with Crippen molar-refractivity contribution in [2.75, 3.05) is 11.4 Å². The van der Waals surface area contributed by atoms with Crippen LogP contribution in [0.15, 0.2) is 88.9 Å². The van der Waals surface area contributed by atoms with Gasteiger partial charge < -0.3 is 10.2 Å². The van der Waals surface area contributed by atoms with E-state index < -0.39 is 0 Å². The molecule has 0 saturated carbocycles. The zero-order chi connectivity index (χ0) is 17.4. The summed E-state index contributed by atoms with van der Waals surface area (Å²) in [5.41, 5.74) is 2.38. The second-order valence-corrected chi connectivity index (χ2v) is 6.94. The van der Waals surface area contributed by atoms with E-state index in [9.17, 15) is 0 Å². The van der Waals surface area contributed by atoms with Crippen LogP contribution in [0.3, 0.4) is 0 Å². The summed E-state index contributed by atoms with van der Waals surface area (Å²) in [6.07, 6.45) is 3.82. The van der Waals surface area contributed by atoms with Crippen molar-refractivity contribution in [1.29, 1.82) is 0 Å². The summed E-state index contributed by atoms with van der Waals surface area (Å²) in [6, 6.07) is 19.7. The first-order chi connectivity index (χ1) is 11.6. The Balaban J connectivity index is 2.12. The summed E-state index contributed by atoms with van der Waals surface area (Å²) < 4.78 is 0. The summed E-state index contributed by atoms with van der Waals surface area (Å²) in [5, 5.41) is 3.21. The molecule has 0 saturated heterocycles. The van der Waals surface area contributed by atoms with Gasteiger partial charge >= 0.3 is 0 Å². The molecule has 0 fully saturated rings. The molecule has 24 heavy (non-hydrogen) atoms. The minimum absolute atomic E-state index is 0.416. The highest BCUT2D eigenvalue weighted by Crippen LogP contribution is 2.29. The molecule has 3 heteroatoms. The van der Waals surface area contributed by atoms with Gasteiger partial charge in [0.15, 0.2) is 0 Å². The topological polar surface area (TPSA) is 15.3 Å². The van der Waals surface area contributed by atoms with E-state index in [0.29, 0.717) is 6.04 Å². The maximum Gasteiger partial charge on any atom is 0.0579 e. The molecule has 0 atom stereocenters. The van der Waals surface area contributed by atoms with Gasteiger partial charge in [0.05, 0.1) is 6.54 Å². The van der Waals surface area contributed by atoms with Crippen LogP contribution in [-0.4, -0.2) is 12.6 Å². The lowest BCUT2D eigenvalue weighted by Crippen LogP contribution is -2.34. The summed E-state index contributed by atoms with van der Waals surface area (Å²) in [4.78, 5) is 4.89. The molecule has 1 N–H and O–H groups in total. The van der Waals surface area contributed by atoms with E-state index in [1.54, 1.807) is 18.0 Å². The Morgan fingerprint density at radius 2 is 1.71 bits per heavy atom. The van der Waals surface area contributed by atoms with E-state index in [0.717, 1.165) is 12.2 Å². The lowest BCUT2D eigenvalue weighted by Gasteiger charge is -2.30. The second kappa shape index (κ2) is 9.24. The van der Waals surface area contributed by atoms with Gasteiger partial charge in [-0.15, -0.1) is 0 Å². The van der Waals surface area contributed by atoms with Crippen molar-refractivity contribution in [3.63, 3.8) is 0 Å². The first-order valence-corrected chi connectivity index (χ1v) is 9.08. The van der Waals surface area contributed by atoms with E-state index in [4.69, 9.17) is 0 Å². The molecular formula is C21H26N2S. The zero-order valence-electron chi connectivity index (χ0n) is 14.7. The lowest BCUT2D eigenvalue weighted by molar-refractivity contribution is 0.698. The van der Waals surface area contributed by atoms with Gasteiger partial charge in [-0.3, -0.25) is 0 Å². The third kappa shape index (κ3) is 5.20. The van der Waals surface area contributed by atoms with E-state index >= 15 is 0 Å². The number of hydrogen-bond donors (Lipinski definition) is 1. The Bertz CT molecular complexity index is 660. The molecular weight excluding hydrogens is 312 g/mol. The van der Waals surface area contributed by atoms with Crippen LogP contribution in [0.4, 0.5) is 5.69 Å². The molecule has 2 aromatic rings. The van der Waals surface area contributed by atoms with Crippen LogP contribution in [0, 0.1) is 0 Å². The van der Waals surface area contributed by atoms with Gasteiger partial charge in [-0.05, 0) is 63.4 Å². The minimum Gasteiger partial charge on any atom is -0.364 e. The Kier molecular flexibility index (Phi) is 7.01. The molecule has 2 aromatic carbocycles. The van der Waals surface area contributed by atoms with E-state index in [1.807, 2.05) is 13.0 Å². The highest BCUT2D eigenvalue weighted by Gasteiger charge is 2.12. The SMILES string of the molecule is C=CN/C(=C\C)CN(c1ccc(Sc2ccccc2)cc1)C(C)C. The predicted octanol–water partition coefficient (Wildman–Crippen LogP) is 5.69. The van der Waals surface area contributed by atoms with Crippen molar-refractivity contribution in [3.8, 4) is 0 Å². The summed E-state index contributed by atoms with van der Waals surface area (Å²) >= 11 is 1.79. The molecule has 2 nitrogen and oxygen atoms in total.